The molecule has 3 aliphatic rings. The first-order valence-corrected chi connectivity index (χ1v) is 8.01. The van der Waals surface area contributed by atoms with Crippen LogP contribution in [0.1, 0.15) is 62.1 Å². The van der Waals surface area contributed by atoms with Crippen LogP contribution >= 0.6 is 0 Å². The van der Waals surface area contributed by atoms with Crippen LogP contribution in [0.25, 0.3) is 0 Å². The standard InChI is InChI=1S/C19H24/c1-13(2)15-6-8-18-16(11-15)4-3-9-19(18)12-14-5-7-17(19)10-14/h5-8,11,13-14,17H,3-4,9-10,12H2,1-2H3. The van der Waals surface area contributed by atoms with Crippen molar-refractivity contribution in [3.8, 4) is 0 Å². The Kier molecular flexibility index (Phi) is 2.46. The molecule has 2 bridgehead atoms. The zero-order valence-corrected chi connectivity index (χ0v) is 12.2. The maximum absolute atomic E-state index is 2.53. The van der Waals surface area contributed by atoms with Gasteiger partial charge in [-0.2, -0.15) is 0 Å². The van der Waals surface area contributed by atoms with Gasteiger partial charge in [0.2, 0.25) is 0 Å². The summed E-state index contributed by atoms with van der Waals surface area (Å²) < 4.78 is 0. The fraction of sp³-hybridized carbons (Fsp3) is 0.579. The Labute approximate surface area is 116 Å². The molecule has 1 aromatic carbocycles. The molecule has 0 nitrogen and oxygen atoms in total. The zero-order chi connectivity index (χ0) is 13.0. The Morgan fingerprint density at radius 2 is 2.11 bits per heavy atom. The van der Waals surface area contributed by atoms with Gasteiger partial charge >= 0.3 is 0 Å². The van der Waals surface area contributed by atoms with Gasteiger partial charge in [0.05, 0.1) is 0 Å². The number of rotatable bonds is 1. The van der Waals surface area contributed by atoms with E-state index in [2.05, 4.69) is 44.2 Å². The summed E-state index contributed by atoms with van der Waals surface area (Å²) in [7, 11) is 0. The predicted octanol–water partition coefficient (Wildman–Crippen LogP) is 4.98. The van der Waals surface area contributed by atoms with Gasteiger partial charge in [0, 0.05) is 5.41 Å². The van der Waals surface area contributed by atoms with E-state index in [1.165, 1.54) is 37.7 Å². The molecule has 1 saturated carbocycles. The van der Waals surface area contributed by atoms with Crippen LogP contribution in [0.5, 0.6) is 0 Å². The zero-order valence-electron chi connectivity index (χ0n) is 12.2. The molecule has 4 rings (SSSR count). The van der Waals surface area contributed by atoms with Gasteiger partial charge < -0.3 is 0 Å². The van der Waals surface area contributed by atoms with Gasteiger partial charge in [-0.15, -0.1) is 0 Å². The Hall–Kier alpha value is -1.04. The summed E-state index contributed by atoms with van der Waals surface area (Å²) in [4.78, 5) is 0. The number of benzene rings is 1. The molecule has 0 amide bonds. The summed E-state index contributed by atoms with van der Waals surface area (Å²) in [5.41, 5.74) is 5.41. The fourth-order valence-corrected chi connectivity index (χ4v) is 4.95. The van der Waals surface area contributed by atoms with Gasteiger partial charge in [-0.25, -0.2) is 0 Å². The van der Waals surface area contributed by atoms with E-state index in [0.29, 0.717) is 11.3 Å². The van der Waals surface area contributed by atoms with Crippen molar-refractivity contribution in [2.75, 3.05) is 0 Å². The highest BCUT2D eigenvalue weighted by Gasteiger charge is 2.50. The first-order valence-electron chi connectivity index (χ1n) is 8.01. The lowest BCUT2D eigenvalue weighted by Crippen LogP contribution is -2.35. The van der Waals surface area contributed by atoms with Gasteiger partial charge in [0.15, 0.2) is 0 Å². The highest BCUT2D eigenvalue weighted by molar-refractivity contribution is 5.44. The second kappa shape index (κ2) is 3.98. The Bertz CT molecular complexity index is 537. The van der Waals surface area contributed by atoms with Gasteiger partial charge in [-0.05, 0) is 66.5 Å². The SMILES string of the molecule is CC(C)c1ccc2c(c1)CCCC21CC2C=CC1C2. The van der Waals surface area contributed by atoms with E-state index < -0.39 is 0 Å². The lowest BCUT2D eigenvalue weighted by Gasteiger charge is -2.41. The maximum Gasteiger partial charge on any atom is 0.00243 e. The summed E-state index contributed by atoms with van der Waals surface area (Å²) in [6, 6.07) is 7.39. The van der Waals surface area contributed by atoms with Crippen molar-refractivity contribution in [1.29, 1.82) is 0 Å². The lowest BCUT2D eigenvalue weighted by atomic mass is 9.63. The average Bonchev–Trinajstić information content (AvgIpc) is 2.99. The minimum Gasteiger partial charge on any atom is -0.0851 e. The van der Waals surface area contributed by atoms with E-state index >= 15 is 0 Å². The Morgan fingerprint density at radius 3 is 2.79 bits per heavy atom. The quantitative estimate of drug-likeness (QED) is 0.618. The largest absolute Gasteiger partial charge is 0.0851 e. The number of allylic oxidation sites excluding steroid dienone is 2. The molecule has 0 aromatic heterocycles. The van der Waals surface area contributed by atoms with Crippen molar-refractivity contribution in [2.24, 2.45) is 11.8 Å². The summed E-state index contributed by atoms with van der Waals surface area (Å²) in [5.74, 6) is 2.37. The second-order valence-electron chi connectivity index (χ2n) is 7.27. The van der Waals surface area contributed by atoms with Crippen molar-refractivity contribution in [1.82, 2.24) is 0 Å². The predicted molar refractivity (Wildman–Crippen MR) is 80.5 cm³/mol. The molecular formula is C19H24. The molecule has 1 fully saturated rings. The van der Waals surface area contributed by atoms with Crippen LogP contribution in [-0.2, 0) is 11.8 Å². The first-order chi connectivity index (χ1) is 9.19. The molecule has 0 heteroatoms. The molecule has 0 heterocycles. The Morgan fingerprint density at radius 1 is 1.21 bits per heavy atom. The highest BCUT2D eigenvalue weighted by atomic mass is 14.5. The minimum absolute atomic E-state index is 0.516. The van der Waals surface area contributed by atoms with Crippen molar-refractivity contribution in [3.63, 3.8) is 0 Å². The van der Waals surface area contributed by atoms with Crippen molar-refractivity contribution >= 4 is 0 Å². The van der Waals surface area contributed by atoms with Crippen molar-refractivity contribution < 1.29 is 0 Å². The maximum atomic E-state index is 2.53. The van der Waals surface area contributed by atoms with Crippen LogP contribution < -0.4 is 0 Å². The molecule has 3 unspecified atom stereocenters. The van der Waals surface area contributed by atoms with E-state index in [4.69, 9.17) is 0 Å². The van der Waals surface area contributed by atoms with Crippen LogP contribution in [-0.4, -0.2) is 0 Å². The topological polar surface area (TPSA) is 0 Å². The molecule has 0 radical (unpaired) electrons. The minimum atomic E-state index is 0.516. The van der Waals surface area contributed by atoms with E-state index in [9.17, 15) is 0 Å². The summed E-state index contributed by atoms with van der Waals surface area (Å²) >= 11 is 0. The van der Waals surface area contributed by atoms with Crippen molar-refractivity contribution in [3.05, 3.63) is 47.0 Å². The molecule has 3 aliphatic carbocycles. The first kappa shape index (κ1) is 11.8. The molecule has 0 aliphatic heterocycles. The van der Waals surface area contributed by atoms with Crippen LogP contribution in [0.4, 0.5) is 0 Å². The van der Waals surface area contributed by atoms with E-state index in [-0.39, 0.29) is 0 Å². The van der Waals surface area contributed by atoms with Gasteiger partial charge in [0.1, 0.15) is 0 Å². The van der Waals surface area contributed by atoms with E-state index in [1.807, 2.05) is 0 Å². The number of aryl methyl sites for hydroxylation is 1. The van der Waals surface area contributed by atoms with Gasteiger partial charge in [0.25, 0.3) is 0 Å². The van der Waals surface area contributed by atoms with Crippen LogP contribution in [0.3, 0.4) is 0 Å². The van der Waals surface area contributed by atoms with Crippen LogP contribution in [0, 0.1) is 11.8 Å². The van der Waals surface area contributed by atoms with Gasteiger partial charge in [-0.3, -0.25) is 0 Å². The van der Waals surface area contributed by atoms with E-state index in [1.54, 1.807) is 11.1 Å². The molecule has 1 spiro atoms. The normalized spacial score (nSPS) is 35.3. The monoisotopic (exact) mass is 252 g/mol. The second-order valence-corrected chi connectivity index (χ2v) is 7.27. The van der Waals surface area contributed by atoms with Crippen LogP contribution in [0.2, 0.25) is 0 Å². The molecule has 19 heavy (non-hydrogen) atoms. The number of fused-ring (bicyclic) bond motifs is 5. The van der Waals surface area contributed by atoms with Gasteiger partial charge in [-0.1, -0.05) is 44.2 Å². The van der Waals surface area contributed by atoms with Crippen LogP contribution in [0.15, 0.2) is 30.4 Å². The molecule has 0 saturated heterocycles. The third-order valence-corrected chi connectivity index (χ3v) is 5.91. The molecule has 0 N–H and O–H groups in total. The van der Waals surface area contributed by atoms with Crippen molar-refractivity contribution in [2.45, 2.75) is 57.3 Å². The smallest absolute Gasteiger partial charge is 0.00243 e. The third-order valence-electron chi connectivity index (χ3n) is 5.91. The molecule has 1 aromatic rings. The highest BCUT2D eigenvalue weighted by Crippen LogP contribution is 2.58. The third kappa shape index (κ3) is 1.58. The Balaban J connectivity index is 1.82. The molecular weight excluding hydrogens is 228 g/mol. The number of hydrogen-bond donors (Lipinski definition) is 0. The average molecular weight is 252 g/mol. The molecule has 100 valence electrons. The van der Waals surface area contributed by atoms with E-state index in [0.717, 1.165) is 11.8 Å². The molecule has 3 atom stereocenters. The fourth-order valence-electron chi connectivity index (χ4n) is 4.95. The summed E-state index contributed by atoms with van der Waals surface area (Å²) in [5, 5.41) is 0. The summed E-state index contributed by atoms with van der Waals surface area (Å²) in [6.07, 6.45) is 12.0. The summed E-state index contributed by atoms with van der Waals surface area (Å²) in [6.45, 7) is 4.61. The lowest BCUT2D eigenvalue weighted by molar-refractivity contribution is 0.303. The number of hydrogen-bond acceptors (Lipinski definition) is 0.